The fourth-order valence-corrected chi connectivity index (χ4v) is 1.75. The number of hydrogen-bond acceptors (Lipinski definition) is 5. The van der Waals surface area contributed by atoms with Gasteiger partial charge in [0.2, 0.25) is 0 Å². The van der Waals surface area contributed by atoms with Crippen LogP contribution in [0.4, 0.5) is 5.82 Å². The van der Waals surface area contributed by atoms with Crippen LogP contribution in [0.5, 0.6) is 0 Å². The summed E-state index contributed by atoms with van der Waals surface area (Å²) in [6.45, 7) is 2.05. The number of carbonyl (C=O) groups is 1. The van der Waals surface area contributed by atoms with Gasteiger partial charge >= 0.3 is 0 Å². The lowest BCUT2D eigenvalue weighted by atomic mass is 10.3. The Morgan fingerprint density at radius 1 is 1.40 bits per heavy atom. The van der Waals surface area contributed by atoms with Crippen LogP contribution in [0.1, 0.15) is 29.7 Å². The lowest BCUT2D eigenvalue weighted by molar-refractivity contribution is 0.0821. The minimum atomic E-state index is -0.153. The predicted octanol–water partition coefficient (Wildman–Crippen LogP) is 0.899. The Balaban J connectivity index is 2.34. The van der Waals surface area contributed by atoms with Gasteiger partial charge in [-0.15, -0.1) is 0 Å². The number of carbonyl (C=O) groups excluding carboxylic acids is 1. The molecule has 0 saturated carbocycles. The predicted molar refractivity (Wildman–Crippen MR) is 75.6 cm³/mol. The molecule has 2 aromatic heterocycles. The van der Waals surface area contributed by atoms with Gasteiger partial charge in [-0.1, -0.05) is 6.92 Å². The fraction of sp³-hybridized carbons (Fsp3) is 0.385. The highest BCUT2D eigenvalue weighted by Gasteiger charge is 2.13. The Kier molecular flexibility index (Phi) is 3.97. The lowest BCUT2D eigenvalue weighted by Gasteiger charge is -2.07. The minimum absolute atomic E-state index is 0.153. The van der Waals surface area contributed by atoms with E-state index in [1.807, 2.05) is 6.92 Å². The van der Waals surface area contributed by atoms with Gasteiger partial charge in [0.25, 0.3) is 5.91 Å². The van der Waals surface area contributed by atoms with Crippen LogP contribution in [0, 0.1) is 0 Å². The molecule has 2 N–H and O–H groups in total. The highest BCUT2D eigenvalue weighted by molar-refractivity contribution is 5.91. The van der Waals surface area contributed by atoms with E-state index in [2.05, 4.69) is 15.1 Å². The third kappa shape index (κ3) is 2.93. The average Bonchev–Trinajstić information content (AvgIpc) is 2.87. The van der Waals surface area contributed by atoms with Crippen LogP contribution in [0.3, 0.4) is 0 Å². The average molecular weight is 274 g/mol. The summed E-state index contributed by atoms with van der Waals surface area (Å²) in [5.74, 6) is 1.49. The smallest absolute Gasteiger partial charge is 0.273 e. The van der Waals surface area contributed by atoms with E-state index in [4.69, 9.17) is 5.73 Å². The van der Waals surface area contributed by atoms with Crippen molar-refractivity contribution in [1.82, 2.24) is 24.6 Å². The van der Waals surface area contributed by atoms with Crippen LogP contribution >= 0.6 is 0 Å². The number of nitrogen functional groups attached to an aromatic ring is 1. The van der Waals surface area contributed by atoms with Crippen LogP contribution in [0.25, 0.3) is 5.82 Å². The number of nitrogens with zero attached hydrogens (tertiary/aromatic N) is 5. The van der Waals surface area contributed by atoms with Gasteiger partial charge in [0.15, 0.2) is 11.5 Å². The maximum atomic E-state index is 11.8. The summed E-state index contributed by atoms with van der Waals surface area (Å²) in [5.41, 5.74) is 6.14. The van der Waals surface area contributed by atoms with Crippen molar-refractivity contribution in [1.29, 1.82) is 0 Å². The molecule has 7 heteroatoms. The zero-order valence-corrected chi connectivity index (χ0v) is 11.9. The molecule has 0 aliphatic carbocycles. The summed E-state index contributed by atoms with van der Waals surface area (Å²) in [7, 11) is 3.37. The van der Waals surface area contributed by atoms with Crippen LogP contribution in [-0.4, -0.2) is 44.7 Å². The molecule has 0 atom stereocenters. The van der Waals surface area contributed by atoms with E-state index in [0.717, 1.165) is 12.8 Å². The third-order valence-corrected chi connectivity index (χ3v) is 2.70. The van der Waals surface area contributed by atoms with Crippen molar-refractivity contribution in [2.24, 2.45) is 0 Å². The highest BCUT2D eigenvalue weighted by Crippen LogP contribution is 2.10. The maximum Gasteiger partial charge on any atom is 0.273 e. The summed E-state index contributed by atoms with van der Waals surface area (Å²) in [4.78, 5) is 21.9. The topological polar surface area (TPSA) is 89.9 Å². The van der Waals surface area contributed by atoms with Crippen molar-refractivity contribution in [3.05, 3.63) is 29.8 Å². The molecule has 2 rings (SSSR count). The Bertz CT molecular complexity index is 619. The maximum absolute atomic E-state index is 11.8. The first-order valence-electron chi connectivity index (χ1n) is 6.42. The van der Waals surface area contributed by atoms with Gasteiger partial charge in [0, 0.05) is 32.8 Å². The summed E-state index contributed by atoms with van der Waals surface area (Å²) in [6.07, 6.45) is 3.38. The van der Waals surface area contributed by atoms with E-state index < -0.39 is 0 Å². The number of nitrogens with two attached hydrogens (primary N) is 1. The Morgan fingerprint density at radius 2 is 2.15 bits per heavy atom. The number of hydrogen-bond donors (Lipinski definition) is 1. The lowest BCUT2D eigenvalue weighted by Crippen LogP contribution is -2.22. The van der Waals surface area contributed by atoms with Crippen LogP contribution in [-0.2, 0) is 6.42 Å². The summed E-state index contributed by atoms with van der Waals surface area (Å²) in [5, 5.41) is 4.22. The normalized spacial score (nSPS) is 10.6. The van der Waals surface area contributed by atoms with Gasteiger partial charge in [-0.05, 0) is 12.5 Å². The van der Waals surface area contributed by atoms with Crippen LogP contribution in [0.15, 0.2) is 18.3 Å². The highest BCUT2D eigenvalue weighted by atomic mass is 16.2. The number of rotatable bonds is 4. The first-order valence-corrected chi connectivity index (χ1v) is 6.42. The van der Waals surface area contributed by atoms with Gasteiger partial charge in [-0.2, -0.15) is 5.10 Å². The van der Waals surface area contributed by atoms with Crippen molar-refractivity contribution in [2.45, 2.75) is 19.8 Å². The molecule has 0 saturated heterocycles. The van der Waals surface area contributed by atoms with Gasteiger partial charge in [-0.25, -0.2) is 14.6 Å². The SMILES string of the molecule is CCCc1nc(N)cc(-n2ccc(C(=O)N(C)C)n2)n1. The van der Waals surface area contributed by atoms with Gasteiger partial charge in [0.1, 0.15) is 11.6 Å². The molecule has 2 heterocycles. The second-order valence-electron chi connectivity index (χ2n) is 4.66. The second kappa shape index (κ2) is 5.68. The van der Waals surface area contributed by atoms with Crippen molar-refractivity contribution in [3.63, 3.8) is 0 Å². The third-order valence-electron chi connectivity index (χ3n) is 2.70. The van der Waals surface area contributed by atoms with E-state index in [-0.39, 0.29) is 5.91 Å². The number of anilines is 1. The van der Waals surface area contributed by atoms with E-state index in [0.29, 0.717) is 23.2 Å². The Morgan fingerprint density at radius 3 is 2.80 bits per heavy atom. The second-order valence-corrected chi connectivity index (χ2v) is 4.66. The first-order chi connectivity index (χ1) is 9.51. The zero-order valence-electron chi connectivity index (χ0n) is 11.9. The summed E-state index contributed by atoms with van der Waals surface area (Å²) >= 11 is 0. The van der Waals surface area contributed by atoms with Crippen molar-refractivity contribution >= 4 is 11.7 Å². The van der Waals surface area contributed by atoms with E-state index in [1.165, 1.54) is 9.58 Å². The Labute approximate surface area is 117 Å². The molecule has 20 heavy (non-hydrogen) atoms. The monoisotopic (exact) mass is 274 g/mol. The van der Waals surface area contributed by atoms with E-state index in [1.54, 1.807) is 32.4 Å². The van der Waals surface area contributed by atoms with Crippen molar-refractivity contribution in [3.8, 4) is 5.82 Å². The van der Waals surface area contributed by atoms with Crippen LogP contribution < -0.4 is 5.73 Å². The molecule has 0 spiro atoms. The van der Waals surface area contributed by atoms with E-state index >= 15 is 0 Å². The zero-order chi connectivity index (χ0) is 14.7. The first kappa shape index (κ1) is 14.0. The molecule has 0 unspecified atom stereocenters. The van der Waals surface area contributed by atoms with Gasteiger partial charge in [0.05, 0.1) is 0 Å². The number of amides is 1. The molecule has 0 fully saturated rings. The number of aromatic nitrogens is 4. The molecule has 0 aliphatic rings. The minimum Gasteiger partial charge on any atom is -0.384 e. The van der Waals surface area contributed by atoms with Crippen molar-refractivity contribution < 1.29 is 4.79 Å². The summed E-state index contributed by atoms with van der Waals surface area (Å²) in [6, 6.07) is 3.29. The standard InChI is InChI=1S/C13H18N6O/c1-4-5-11-15-10(14)8-12(16-11)19-7-6-9(17-19)13(20)18(2)3/h6-8H,4-5H2,1-3H3,(H2,14,15,16). The van der Waals surface area contributed by atoms with Gasteiger partial charge < -0.3 is 10.6 Å². The molecule has 7 nitrogen and oxygen atoms in total. The molecule has 2 aromatic rings. The molecule has 0 aromatic carbocycles. The van der Waals surface area contributed by atoms with Crippen molar-refractivity contribution in [2.75, 3.05) is 19.8 Å². The molecule has 0 aliphatic heterocycles. The molecule has 0 bridgehead atoms. The van der Waals surface area contributed by atoms with Crippen LogP contribution in [0.2, 0.25) is 0 Å². The van der Waals surface area contributed by atoms with Gasteiger partial charge in [-0.3, -0.25) is 4.79 Å². The molecule has 0 radical (unpaired) electrons. The molecule has 1 amide bonds. The quantitative estimate of drug-likeness (QED) is 0.894. The number of aryl methyl sites for hydroxylation is 1. The van der Waals surface area contributed by atoms with E-state index in [9.17, 15) is 4.79 Å². The summed E-state index contributed by atoms with van der Waals surface area (Å²) < 4.78 is 1.54. The Hall–Kier alpha value is -2.44. The fourth-order valence-electron chi connectivity index (χ4n) is 1.75. The molecular weight excluding hydrogens is 256 g/mol. The molecule has 106 valence electrons. The largest absolute Gasteiger partial charge is 0.384 e. The molecular formula is C13H18N6O.